The number of esters is 1. The van der Waals surface area contributed by atoms with Gasteiger partial charge in [0.05, 0.1) is 13.2 Å². The van der Waals surface area contributed by atoms with Crippen LogP contribution in [0, 0.1) is 0 Å². The van der Waals surface area contributed by atoms with Crippen LogP contribution in [0.15, 0.2) is 48.5 Å². The Balaban J connectivity index is 0.000000280. The number of hydrogen-bond donors (Lipinski definition) is 5. The fraction of sp³-hybridized carbons (Fsp3) is 0.300. The molecule has 152 valence electrons. The van der Waals surface area contributed by atoms with Crippen LogP contribution >= 0.6 is 0 Å². The number of benzene rings is 2. The number of ether oxygens (including phenoxy) is 1. The minimum Gasteiger partial charge on any atom is -0.508 e. The highest BCUT2D eigenvalue weighted by Crippen LogP contribution is 2.11. The molecule has 0 fully saturated rings. The van der Waals surface area contributed by atoms with Gasteiger partial charge in [0.1, 0.15) is 17.5 Å². The Morgan fingerprint density at radius 2 is 1.29 bits per heavy atom. The van der Waals surface area contributed by atoms with Crippen molar-refractivity contribution in [2.45, 2.75) is 24.9 Å². The molecular weight excluding hydrogens is 362 g/mol. The largest absolute Gasteiger partial charge is 0.508 e. The maximum absolute atomic E-state index is 11.1. The maximum atomic E-state index is 11.1. The zero-order valence-electron chi connectivity index (χ0n) is 16.0. The molecular formula is C20H27N3O5. The molecule has 28 heavy (non-hydrogen) atoms. The van der Waals surface area contributed by atoms with E-state index in [9.17, 15) is 9.59 Å². The molecule has 0 saturated heterocycles. The summed E-state index contributed by atoms with van der Waals surface area (Å²) in [5.41, 5.74) is 13.0. The van der Waals surface area contributed by atoms with E-state index in [1.165, 1.54) is 7.11 Å². The highest BCUT2D eigenvalue weighted by atomic mass is 16.5. The predicted octanol–water partition coefficient (Wildman–Crippen LogP) is 0.443. The van der Waals surface area contributed by atoms with Gasteiger partial charge in [-0.3, -0.25) is 9.59 Å². The van der Waals surface area contributed by atoms with Gasteiger partial charge < -0.3 is 31.7 Å². The number of likely N-dealkylation sites (N-methyl/N-ethyl adjacent to an activating group) is 1. The standard InChI is InChI=1S/C10H14N2O2.C10H13NO3/c1-12-10(14)9(11)6-7-2-4-8(13)5-3-7;1-14-10(13)9(11)6-7-2-4-8(12)5-3-7/h2-5,9,13H,6,11H2,1H3,(H,12,14);2-5,9,12H,6,11H2,1H3/t2*9-/m00/s1. The zero-order chi connectivity index (χ0) is 21.1. The number of methoxy groups -OCH3 is 1. The molecule has 0 saturated carbocycles. The highest BCUT2D eigenvalue weighted by Gasteiger charge is 2.14. The number of amides is 1. The van der Waals surface area contributed by atoms with E-state index in [1.54, 1.807) is 55.6 Å². The fourth-order valence-corrected chi connectivity index (χ4v) is 2.28. The molecule has 7 N–H and O–H groups in total. The molecule has 0 aliphatic rings. The lowest BCUT2D eigenvalue weighted by atomic mass is 10.1. The summed E-state index contributed by atoms with van der Waals surface area (Å²) in [6.07, 6.45) is 0.882. The van der Waals surface area contributed by atoms with Crippen molar-refractivity contribution in [1.82, 2.24) is 5.32 Å². The van der Waals surface area contributed by atoms with Gasteiger partial charge >= 0.3 is 5.97 Å². The minimum absolute atomic E-state index is 0.182. The van der Waals surface area contributed by atoms with Crippen molar-refractivity contribution < 1.29 is 24.5 Å². The van der Waals surface area contributed by atoms with Crippen LogP contribution < -0.4 is 16.8 Å². The first-order chi connectivity index (χ1) is 13.3. The van der Waals surface area contributed by atoms with Crippen LogP contribution in [0.2, 0.25) is 0 Å². The van der Waals surface area contributed by atoms with Gasteiger partial charge in [0.2, 0.25) is 5.91 Å². The van der Waals surface area contributed by atoms with Gasteiger partial charge in [-0.25, -0.2) is 0 Å². The number of carbonyl (C=O) groups excluding carboxylic acids is 2. The number of aromatic hydroxyl groups is 2. The monoisotopic (exact) mass is 389 g/mol. The first-order valence-electron chi connectivity index (χ1n) is 8.63. The molecule has 8 heteroatoms. The van der Waals surface area contributed by atoms with Gasteiger partial charge in [-0.15, -0.1) is 0 Å². The van der Waals surface area contributed by atoms with E-state index in [4.69, 9.17) is 21.7 Å². The van der Waals surface area contributed by atoms with Crippen LogP contribution in [0.3, 0.4) is 0 Å². The smallest absolute Gasteiger partial charge is 0.322 e. The molecule has 2 rings (SSSR count). The van der Waals surface area contributed by atoms with Gasteiger partial charge in [0.25, 0.3) is 0 Å². The van der Waals surface area contributed by atoms with Crippen molar-refractivity contribution in [3.63, 3.8) is 0 Å². The van der Waals surface area contributed by atoms with E-state index in [2.05, 4.69) is 10.1 Å². The second-order valence-corrected chi connectivity index (χ2v) is 6.09. The molecule has 0 aliphatic carbocycles. The van der Waals surface area contributed by atoms with E-state index in [0.717, 1.165) is 11.1 Å². The van der Waals surface area contributed by atoms with Crippen LogP contribution in [-0.2, 0) is 27.2 Å². The Morgan fingerprint density at radius 1 is 0.893 bits per heavy atom. The third-order valence-corrected chi connectivity index (χ3v) is 3.87. The third-order valence-electron chi connectivity index (χ3n) is 3.87. The molecule has 0 spiro atoms. The molecule has 0 heterocycles. The predicted molar refractivity (Wildman–Crippen MR) is 106 cm³/mol. The topological polar surface area (TPSA) is 148 Å². The van der Waals surface area contributed by atoms with Crippen molar-refractivity contribution >= 4 is 11.9 Å². The summed E-state index contributed by atoms with van der Waals surface area (Å²) in [6.45, 7) is 0. The Hall–Kier alpha value is -3.10. The van der Waals surface area contributed by atoms with Crippen LogP contribution in [0.5, 0.6) is 11.5 Å². The fourth-order valence-electron chi connectivity index (χ4n) is 2.28. The molecule has 0 aromatic heterocycles. The normalized spacial score (nSPS) is 12.1. The highest BCUT2D eigenvalue weighted by molar-refractivity contribution is 5.81. The number of nitrogens with two attached hydrogens (primary N) is 2. The summed E-state index contributed by atoms with van der Waals surface area (Å²) in [7, 11) is 2.86. The van der Waals surface area contributed by atoms with Crippen LogP contribution in [0.4, 0.5) is 0 Å². The van der Waals surface area contributed by atoms with E-state index in [-0.39, 0.29) is 17.4 Å². The van der Waals surface area contributed by atoms with Crippen LogP contribution in [0.25, 0.3) is 0 Å². The summed E-state index contributed by atoms with van der Waals surface area (Å²) in [4.78, 5) is 22.1. The van der Waals surface area contributed by atoms with Crippen molar-refractivity contribution in [2.75, 3.05) is 14.2 Å². The second kappa shape index (κ2) is 11.6. The average Bonchev–Trinajstić information content (AvgIpc) is 2.70. The lowest BCUT2D eigenvalue weighted by molar-refractivity contribution is -0.142. The molecule has 2 atom stereocenters. The Labute approximate surface area is 164 Å². The van der Waals surface area contributed by atoms with Crippen molar-refractivity contribution in [2.24, 2.45) is 11.5 Å². The Bertz CT molecular complexity index is 682. The van der Waals surface area contributed by atoms with Crippen molar-refractivity contribution in [3.8, 4) is 11.5 Å². The first kappa shape index (κ1) is 22.9. The maximum Gasteiger partial charge on any atom is 0.322 e. The van der Waals surface area contributed by atoms with Crippen molar-refractivity contribution in [3.05, 3.63) is 59.7 Å². The van der Waals surface area contributed by atoms with Gasteiger partial charge in [-0.2, -0.15) is 0 Å². The van der Waals surface area contributed by atoms with Gasteiger partial charge in [-0.1, -0.05) is 24.3 Å². The summed E-state index contributed by atoms with van der Waals surface area (Å²) >= 11 is 0. The average molecular weight is 389 g/mol. The van der Waals surface area contributed by atoms with E-state index in [1.807, 2.05) is 0 Å². The number of phenols is 2. The number of phenolic OH excluding ortho intramolecular Hbond substituents is 2. The Morgan fingerprint density at radius 3 is 1.64 bits per heavy atom. The lowest BCUT2D eigenvalue weighted by Gasteiger charge is -2.09. The number of rotatable bonds is 6. The second-order valence-electron chi connectivity index (χ2n) is 6.09. The molecule has 0 radical (unpaired) electrons. The number of carbonyl (C=O) groups is 2. The van der Waals surface area contributed by atoms with E-state index < -0.39 is 18.1 Å². The molecule has 8 nitrogen and oxygen atoms in total. The molecule has 2 aromatic rings. The third kappa shape index (κ3) is 8.07. The molecule has 0 unspecified atom stereocenters. The Kier molecular flexibility index (Phi) is 9.49. The zero-order valence-corrected chi connectivity index (χ0v) is 16.0. The molecule has 1 amide bonds. The summed E-state index contributed by atoms with van der Waals surface area (Å²) < 4.78 is 4.49. The SMILES string of the molecule is CNC(=O)[C@@H](N)Cc1ccc(O)cc1.COC(=O)[C@@H](N)Cc1ccc(O)cc1. The quantitative estimate of drug-likeness (QED) is 0.450. The minimum atomic E-state index is -0.649. The number of nitrogens with one attached hydrogen (secondary N) is 1. The van der Waals surface area contributed by atoms with Gasteiger partial charge in [-0.05, 0) is 48.2 Å². The summed E-state index contributed by atoms with van der Waals surface area (Å²) in [5.74, 6) is -0.209. The van der Waals surface area contributed by atoms with Crippen molar-refractivity contribution in [1.29, 1.82) is 0 Å². The van der Waals surface area contributed by atoms with E-state index >= 15 is 0 Å². The van der Waals surface area contributed by atoms with Gasteiger partial charge in [0.15, 0.2) is 0 Å². The first-order valence-corrected chi connectivity index (χ1v) is 8.63. The van der Waals surface area contributed by atoms with Gasteiger partial charge in [0, 0.05) is 7.05 Å². The summed E-state index contributed by atoms with van der Waals surface area (Å²) in [6, 6.07) is 12.0. The van der Waals surface area contributed by atoms with E-state index in [0.29, 0.717) is 12.8 Å². The molecule has 2 aromatic carbocycles. The number of hydrogen-bond acceptors (Lipinski definition) is 7. The lowest BCUT2D eigenvalue weighted by Crippen LogP contribution is -2.40. The van der Waals surface area contributed by atoms with Crippen LogP contribution in [0.1, 0.15) is 11.1 Å². The van der Waals surface area contributed by atoms with Crippen LogP contribution in [-0.4, -0.2) is 48.3 Å². The molecule has 0 bridgehead atoms. The summed E-state index contributed by atoms with van der Waals surface area (Å²) in [5, 5.41) is 20.5. The molecule has 0 aliphatic heterocycles.